The number of nitrogens with one attached hydrogen (secondary N) is 2. The van der Waals surface area contributed by atoms with Gasteiger partial charge in [-0.3, -0.25) is 0 Å². The van der Waals surface area contributed by atoms with Crippen LogP contribution in [0.3, 0.4) is 0 Å². The maximum atomic E-state index is 11.8. The zero-order chi connectivity index (χ0) is 15.9. The Morgan fingerprint density at radius 2 is 1.77 bits per heavy atom. The van der Waals surface area contributed by atoms with Gasteiger partial charge in [0.25, 0.3) is 0 Å². The lowest BCUT2D eigenvalue weighted by atomic mass is 10.2. The van der Waals surface area contributed by atoms with Gasteiger partial charge in [0.2, 0.25) is 0 Å². The molecule has 2 aromatic carbocycles. The predicted molar refractivity (Wildman–Crippen MR) is 93.4 cm³/mol. The SMILES string of the molecule is CN(C)c1ccc(NC(=O)N/C=C/c2ccccc2Cl)cc1. The first-order chi connectivity index (χ1) is 10.6. The van der Waals surface area contributed by atoms with Crippen LogP contribution in [0.15, 0.2) is 54.7 Å². The standard InChI is InChI=1S/C17H18ClN3O/c1-21(2)15-9-7-14(8-10-15)20-17(22)19-12-11-13-5-3-4-6-16(13)18/h3-12H,1-2H3,(H2,19,20,22)/b12-11+. The Hall–Kier alpha value is -2.46. The topological polar surface area (TPSA) is 44.4 Å². The molecule has 0 radical (unpaired) electrons. The molecule has 2 amide bonds. The molecule has 114 valence electrons. The summed E-state index contributed by atoms with van der Waals surface area (Å²) >= 11 is 6.03. The number of rotatable bonds is 4. The van der Waals surface area contributed by atoms with Crippen LogP contribution in [-0.4, -0.2) is 20.1 Å². The van der Waals surface area contributed by atoms with Gasteiger partial charge in [-0.15, -0.1) is 0 Å². The Morgan fingerprint density at radius 3 is 2.41 bits per heavy atom. The number of amides is 2. The smallest absolute Gasteiger partial charge is 0.323 e. The third-order valence-electron chi connectivity index (χ3n) is 3.02. The summed E-state index contributed by atoms with van der Waals surface area (Å²) in [6.07, 6.45) is 3.31. The summed E-state index contributed by atoms with van der Waals surface area (Å²) in [5.41, 5.74) is 2.65. The van der Waals surface area contributed by atoms with Crippen molar-refractivity contribution >= 4 is 35.1 Å². The van der Waals surface area contributed by atoms with Crippen molar-refractivity contribution < 1.29 is 4.79 Å². The molecule has 0 heterocycles. The van der Waals surface area contributed by atoms with Crippen LogP contribution in [0.25, 0.3) is 6.08 Å². The van der Waals surface area contributed by atoms with E-state index in [0.717, 1.165) is 16.9 Å². The van der Waals surface area contributed by atoms with E-state index in [1.54, 1.807) is 18.3 Å². The molecule has 0 aromatic heterocycles. The highest BCUT2D eigenvalue weighted by atomic mass is 35.5. The summed E-state index contributed by atoms with van der Waals surface area (Å²) < 4.78 is 0. The predicted octanol–water partition coefficient (Wildman–Crippen LogP) is 4.20. The van der Waals surface area contributed by atoms with Gasteiger partial charge in [0.15, 0.2) is 0 Å². The van der Waals surface area contributed by atoms with E-state index in [0.29, 0.717) is 5.02 Å². The Kier molecular flexibility index (Phi) is 5.44. The minimum absolute atomic E-state index is 0.305. The molecule has 0 aliphatic heterocycles. The van der Waals surface area contributed by atoms with E-state index in [9.17, 15) is 4.79 Å². The highest BCUT2D eigenvalue weighted by Gasteiger charge is 2.00. The Bertz CT molecular complexity index is 666. The van der Waals surface area contributed by atoms with Gasteiger partial charge < -0.3 is 15.5 Å². The Balaban J connectivity index is 1.89. The second-order valence-corrected chi connectivity index (χ2v) is 5.30. The first-order valence-corrected chi connectivity index (χ1v) is 7.20. The fourth-order valence-corrected chi connectivity index (χ4v) is 2.03. The number of anilines is 2. The number of hydrogen-bond acceptors (Lipinski definition) is 2. The Labute approximate surface area is 135 Å². The minimum atomic E-state index is -0.305. The lowest BCUT2D eigenvalue weighted by molar-refractivity contribution is 0.255. The summed E-state index contributed by atoms with van der Waals surface area (Å²) in [6.45, 7) is 0. The van der Waals surface area contributed by atoms with Crippen molar-refractivity contribution in [3.63, 3.8) is 0 Å². The molecule has 0 bridgehead atoms. The second kappa shape index (κ2) is 7.52. The number of hydrogen-bond donors (Lipinski definition) is 2. The normalized spacial score (nSPS) is 10.5. The average Bonchev–Trinajstić information content (AvgIpc) is 2.50. The van der Waals surface area contributed by atoms with Crippen molar-refractivity contribution in [1.82, 2.24) is 5.32 Å². The summed E-state index contributed by atoms with van der Waals surface area (Å²) in [4.78, 5) is 13.8. The molecule has 0 saturated heterocycles. The van der Waals surface area contributed by atoms with Crippen LogP contribution < -0.4 is 15.5 Å². The van der Waals surface area contributed by atoms with Gasteiger partial charge in [-0.05, 0) is 42.0 Å². The van der Waals surface area contributed by atoms with E-state index in [4.69, 9.17) is 11.6 Å². The lowest BCUT2D eigenvalue weighted by Crippen LogP contribution is -2.23. The summed E-state index contributed by atoms with van der Waals surface area (Å²) in [7, 11) is 3.93. The lowest BCUT2D eigenvalue weighted by Gasteiger charge is -2.12. The molecule has 0 aliphatic rings. The molecule has 0 spiro atoms. The van der Waals surface area contributed by atoms with Crippen LogP contribution in [0.1, 0.15) is 5.56 Å². The molecule has 0 unspecified atom stereocenters. The van der Waals surface area contributed by atoms with Crippen LogP contribution in [0.2, 0.25) is 5.02 Å². The fraction of sp³-hybridized carbons (Fsp3) is 0.118. The average molecular weight is 316 g/mol. The van der Waals surface area contributed by atoms with Crippen molar-refractivity contribution in [3.05, 3.63) is 65.3 Å². The molecule has 4 nitrogen and oxygen atoms in total. The van der Waals surface area contributed by atoms with Gasteiger partial charge in [0.1, 0.15) is 0 Å². The van der Waals surface area contributed by atoms with E-state index < -0.39 is 0 Å². The fourth-order valence-electron chi connectivity index (χ4n) is 1.83. The highest BCUT2D eigenvalue weighted by molar-refractivity contribution is 6.32. The van der Waals surface area contributed by atoms with Crippen LogP contribution in [0, 0.1) is 0 Å². The molecule has 2 rings (SSSR count). The molecular weight excluding hydrogens is 298 g/mol. The maximum Gasteiger partial charge on any atom is 0.323 e. The summed E-state index contributed by atoms with van der Waals surface area (Å²) in [6, 6.07) is 14.7. The number of urea groups is 1. The molecule has 0 atom stereocenters. The van der Waals surface area contributed by atoms with E-state index in [1.165, 1.54) is 0 Å². The molecule has 0 fully saturated rings. The molecule has 0 saturated carbocycles. The number of nitrogens with zero attached hydrogens (tertiary/aromatic N) is 1. The van der Waals surface area contributed by atoms with E-state index in [2.05, 4.69) is 10.6 Å². The monoisotopic (exact) mass is 315 g/mol. The first-order valence-electron chi connectivity index (χ1n) is 6.82. The maximum absolute atomic E-state index is 11.8. The molecule has 0 aliphatic carbocycles. The van der Waals surface area contributed by atoms with E-state index in [-0.39, 0.29) is 6.03 Å². The third-order valence-corrected chi connectivity index (χ3v) is 3.37. The summed E-state index contributed by atoms with van der Waals surface area (Å²) in [5, 5.41) is 6.04. The summed E-state index contributed by atoms with van der Waals surface area (Å²) in [5.74, 6) is 0. The number of carbonyl (C=O) groups excluding carboxylic acids is 1. The Morgan fingerprint density at radius 1 is 1.09 bits per heavy atom. The molecular formula is C17H18ClN3O. The van der Waals surface area contributed by atoms with Crippen LogP contribution in [0.5, 0.6) is 0 Å². The quantitative estimate of drug-likeness (QED) is 0.888. The number of benzene rings is 2. The van der Waals surface area contributed by atoms with Gasteiger partial charge in [0, 0.05) is 36.7 Å². The largest absolute Gasteiger partial charge is 0.378 e. The van der Waals surface area contributed by atoms with Gasteiger partial charge in [-0.25, -0.2) is 4.79 Å². The van der Waals surface area contributed by atoms with Crippen LogP contribution >= 0.6 is 11.6 Å². The van der Waals surface area contributed by atoms with Crippen LogP contribution in [0.4, 0.5) is 16.2 Å². The molecule has 2 aromatic rings. The molecule has 2 N–H and O–H groups in total. The van der Waals surface area contributed by atoms with Crippen molar-refractivity contribution in [3.8, 4) is 0 Å². The second-order valence-electron chi connectivity index (χ2n) is 4.89. The first kappa shape index (κ1) is 15.9. The molecule has 5 heteroatoms. The van der Waals surface area contributed by atoms with Crippen LogP contribution in [-0.2, 0) is 0 Å². The van der Waals surface area contributed by atoms with Crippen molar-refractivity contribution in [2.24, 2.45) is 0 Å². The van der Waals surface area contributed by atoms with E-state index >= 15 is 0 Å². The number of carbonyl (C=O) groups is 1. The van der Waals surface area contributed by atoms with Crippen molar-refractivity contribution in [1.29, 1.82) is 0 Å². The van der Waals surface area contributed by atoms with Crippen molar-refractivity contribution in [2.75, 3.05) is 24.3 Å². The molecule has 22 heavy (non-hydrogen) atoms. The zero-order valence-corrected chi connectivity index (χ0v) is 13.3. The number of halogens is 1. The van der Waals surface area contributed by atoms with E-state index in [1.807, 2.05) is 61.5 Å². The van der Waals surface area contributed by atoms with Gasteiger partial charge in [0.05, 0.1) is 0 Å². The van der Waals surface area contributed by atoms with Gasteiger partial charge in [-0.2, -0.15) is 0 Å². The van der Waals surface area contributed by atoms with Gasteiger partial charge in [-0.1, -0.05) is 29.8 Å². The highest BCUT2D eigenvalue weighted by Crippen LogP contribution is 2.16. The van der Waals surface area contributed by atoms with Gasteiger partial charge >= 0.3 is 6.03 Å². The van der Waals surface area contributed by atoms with Crippen molar-refractivity contribution in [2.45, 2.75) is 0 Å². The third kappa shape index (κ3) is 4.53. The zero-order valence-electron chi connectivity index (χ0n) is 12.5. The minimum Gasteiger partial charge on any atom is -0.378 e.